The molecule has 1 heterocycles. The third-order valence-electron chi connectivity index (χ3n) is 3.12. The predicted octanol–water partition coefficient (Wildman–Crippen LogP) is 6.27. The van der Waals surface area contributed by atoms with Crippen molar-refractivity contribution in [3.63, 3.8) is 0 Å². The maximum atomic E-state index is 12.2. The summed E-state index contributed by atoms with van der Waals surface area (Å²) in [6.07, 6.45) is 0. The van der Waals surface area contributed by atoms with Gasteiger partial charge in [0.15, 0.2) is 5.76 Å². The molecule has 0 saturated heterocycles. The first-order valence-corrected chi connectivity index (χ1v) is 8.20. The van der Waals surface area contributed by atoms with Crippen LogP contribution in [0.25, 0.3) is 11.3 Å². The van der Waals surface area contributed by atoms with Crippen molar-refractivity contribution in [2.45, 2.75) is 0 Å². The molecule has 0 radical (unpaired) electrons. The summed E-state index contributed by atoms with van der Waals surface area (Å²) >= 11 is 15.3. The Morgan fingerprint density at radius 1 is 1.00 bits per heavy atom. The van der Waals surface area contributed by atoms with E-state index in [1.165, 1.54) is 0 Å². The molecule has 116 valence electrons. The van der Waals surface area contributed by atoms with E-state index in [1.54, 1.807) is 42.5 Å². The molecule has 0 saturated carbocycles. The first-order valence-electron chi connectivity index (χ1n) is 6.65. The number of amides is 1. The van der Waals surface area contributed by atoms with Gasteiger partial charge in [-0.2, -0.15) is 0 Å². The minimum Gasteiger partial charge on any atom is -0.451 e. The highest BCUT2D eigenvalue weighted by Crippen LogP contribution is 2.29. The van der Waals surface area contributed by atoms with Gasteiger partial charge in [-0.25, -0.2) is 0 Å². The number of carbonyl (C=O) groups excluding carboxylic acids is 1. The van der Waals surface area contributed by atoms with Gasteiger partial charge in [0, 0.05) is 15.7 Å². The van der Waals surface area contributed by atoms with Crippen LogP contribution in [0.4, 0.5) is 5.69 Å². The topological polar surface area (TPSA) is 42.2 Å². The summed E-state index contributed by atoms with van der Waals surface area (Å²) in [6.45, 7) is 0. The Morgan fingerprint density at radius 2 is 1.83 bits per heavy atom. The van der Waals surface area contributed by atoms with Crippen LogP contribution in [0.1, 0.15) is 10.6 Å². The number of benzene rings is 2. The van der Waals surface area contributed by atoms with Crippen molar-refractivity contribution in [1.29, 1.82) is 0 Å². The number of hydrogen-bond donors (Lipinski definition) is 1. The minimum atomic E-state index is -0.325. The van der Waals surface area contributed by atoms with Gasteiger partial charge in [0.2, 0.25) is 0 Å². The molecular formula is C17H10BrCl2NO2. The third-order valence-corrected chi connectivity index (χ3v) is 4.35. The Balaban J connectivity index is 1.81. The van der Waals surface area contributed by atoms with Crippen molar-refractivity contribution in [1.82, 2.24) is 0 Å². The van der Waals surface area contributed by atoms with Crippen molar-refractivity contribution in [3.8, 4) is 11.3 Å². The lowest BCUT2D eigenvalue weighted by molar-refractivity contribution is 0.0997. The molecule has 3 rings (SSSR count). The van der Waals surface area contributed by atoms with Crippen LogP contribution in [-0.4, -0.2) is 5.91 Å². The molecule has 3 nitrogen and oxygen atoms in total. The van der Waals surface area contributed by atoms with Crippen LogP contribution in [-0.2, 0) is 0 Å². The van der Waals surface area contributed by atoms with Crippen LogP contribution in [0.2, 0.25) is 10.0 Å². The van der Waals surface area contributed by atoms with E-state index in [4.69, 9.17) is 27.6 Å². The molecule has 0 fully saturated rings. The maximum Gasteiger partial charge on any atom is 0.291 e. The quantitative estimate of drug-likeness (QED) is 0.552. The van der Waals surface area contributed by atoms with E-state index in [1.807, 2.05) is 12.1 Å². The molecule has 6 heteroatoms. The monoisotopic (exact) mass is 409 g/mol. The highest BCUT2D eigenvalue weighted by Gasteiger charge is 2.13. The van der Waals surface area contributed by atoms with Crippen LogP contribution in [0.3, 0.4) is 0 Å². The zero-order valence-electron chi connectivity index (χ0n) is 11.6. The molecule has 0 aliphatic rings. The Hall–Kier alpha value is -1.75. The fraction of sp³-hybridized carbons (Fsp3) is 0. The second kappa shape index (κ2) is 6.79. The number of hydrogen-bond acceptors (Lipinski definition) is 2. The van der Waals surface area contributed by atoms with Gasteiger partial charge in [-0.15, -0.1) is 0 Å². The van der Waals surface area contributed by atoms with E-state index in [2.05, 4.69) is 21.2 Å². The number of anilines is 1. The normalized spacial score (nSPS) is 10.6. The second-order valence-electron chi connectivity index (χ2n) is 4.76. The zero-order chi connectivity index (χ0) is 16.4. The molecule has 1 amide bonds. The van der Waals surface area contributed by atoms with E-state index < -0.39 is 0 Å². The summed E-state index contributed by atoms with van der Waals surface area (Å²) in [4.78, 5) is 12.2. The lowest BCUT2D eigenvalue weighted by atomic mass is 10.2. The van der Waals surface area contributed by atoms with E-state index in [9.17, 15) is 4.79 Å². The number of halogens is 3. The van der Waals surface area contributed by atoms with Crippen molar-refractivity contribution < 1.29 is 9.21 Å². The highest BCUT2D eigenvalue weighted by atomic mass is 79.9. The van der Waals surface area contributed by atoms with E-state index in [0.29, 0.717) is 21.5 Å². The smallest absolute Gasteiger partial charge is 0.291 e. The van der Waals surface area contributed by atoms with Gasteiger partial charge in [-0.1, -0.05) is 45.2 Å². The van der Waals surface area contributed by atoms with Gasteiger partial charge in [0.05, 0.1) is 10.0 Å². The molecule has 0 unspecified atom stereocenters. The minimum absolute atomic E-state index is 0.214. The summed E-state index contributed by atoms with van der Waals surface area (Å²) in [5.41, 5.74) is 1.43. The average molecular weight is 411 g/mol. The first kappa shape index (κ1) is 16.1. The molecule has 3 aromatic rings. The molecule has 1 N–H and O–H groups in total. The number of nitrogens with one attached hydrogen (secondary N) is 1. The van der Waals surface area contributed by atoms with Crippen LogP contribution in [0.5, 0.6) is 0 Å². The van der Waals surface area contributed by atoms with Crippen molar-refractivity contribution in [2.75, 3.05) is 5.32 Å². The second-order valence-corrected chi connectivity index (χ2v) is 6.49. The number of rotatable bonds is 3. The molecule has 23 heavy (non-hydrogen) atoms. The molecule has 0 aliphatic heterocycles. The standard InChI is InChI=1S/C17H10BrCl2NO2/c18-11-2-1-3-12(9-11)21-17(22)16-7-6-15(23-16)10-4-5-13(19)14(20)8-10/h1-9H,(H,21,22). The Kier molecular flexibility index (Phi) is 4.76. The Labute approximate surface area is 151 Å². The van der Waals surface area contributed by atoms with Crippen molar-refractivity contribution >= 4 is 50.7 Å². The Bertz CT molecular complexity index is 877. The lowest BCUT2D eigenvalue weighted by Crippen LogP contribution is -2.10. The van der Waals surface area contributed by atoms with Crippen LogP contribution in [0, 0.1) is 0 Å². The van der Waals surface area contributed by atoms with Crippen LogP contribution in [0.15, 0.2) is 63.5 Å². The molecule has 1 aromatic heterocycles. The average Bonchev–Trinajstić information content (AvgIpc) is 3.00. The van der Waals surface area contributed by atoms with E-state index in [0.717, 1.165) is 10.0 Å². The fourth-order valence-corrected chi connectivity index (χ4v) is 2.72. The van der Waals surface area contributed by atoms with Crippen LogP contribution < -0.4 is 5.32 Å². The van der Waals surface area contributed by atoms with E-state index >= 15 is 0 Å². The lowest BCUT2D eigenvalue weighted by Gasteiger charge is -2.03. The number of furan rings is 1. The van der Waals surface area contributed by atoms with Crippen molar-refractivity contribution in [3.05, 3.63) is 74.9 Å². The zero-order valence-corrected chi connectivity index (χ0v) is 14.7. The SMILES string of the molecule is O=C(Nc1cccc(Br)c1)c1ccc(-c2ccc(Cl)c(Cl)c2)o1. The molecular weight excluding hydrogens is 401 g/mol. The summed E-state index contributed by atoms with van der Waals surface area (Å²) in [5.74, 6) is 0.434. The van der Waals surface area contributed by atoms with Gasteiger partial charge < -0.3 is 9.73 Å². The number of carbonyl (C=O) groups is 1. The molecule has 0 aliphatic carbocycles. The fourth-order valence-electron chi connectivity index (χ4n) is 2.02. The molecule has 0 bridgehead atoms. The summed E-state index contributed by atoms with van der Waals surface area (Å²) in [6, 6.07) is 15.8. The highest BCUT2D eigenvalue weighted by molar-refractivity contribution is 9.10. The predicted molar refractivity (Wildman–Crippen MR) is 96.3 cm³/mol. The van der Waals surface area contributed by atoms with Gasteiger partial charge in [0.1, 0.15) is 5.76 Å². The molecule has 0 spiro atoms. The molecule has 2 aromatic carbocycles. The summed E-state index contributed by atoms with van der Waals surface area (Å²) in [7, 11) is 0. The summed E-state index contributed by atoms with van der Waals surface area (Å²) in [5, 5.41) is 3.67. The largest absolute Gasteiger partial charge is 0.451 e. The first-order chi connectivity index (χ1) is 11.0. The van der Waals surface area contributed by atoms with Crippen LogP contribution >= 0.6 is 39.1 Å². The third kappa shape index (κ3) is 3.78. The summed E-state index contributed by atoms with van der Waals surface area (Å²) < 4.78 is 6.48. The maximum absolute atomic E-state index is 12.2. The van der Waals surface area contributed by atoms with Gasteiger partial charge in [0.25, 0.3) is 5.91 Å². The van der Waals surface area contributed by atoms with Crippen molar-refractivity contribution in [2.24, 2.45) is 0 Å². The van der Waals surface area contributed by atoms with Gasteiger partial charge in [-0.05, 0) is 48.5 Å². The Morgan fingerprint density at radius 3 is 2.57 bits per heavy atom. The van der Waals surface area contributed by atoms with Gasteiger partial charge in [-0.3, -0.25) is 4.79 Å². The molecule has 0 atom stereocenters. The van der Waals surface area contributed by atoms with E-state index in [-0.39, 0.29) is 11.7 Å². The van der Waals surface area contributed by atoms with Gasteiger partial charge >= 0.3 is 0 Å².